The van der Waals surface area contributed by atoms with Crippen LogP contribution in [0.15, 0.2) is 0 Å². The molecule has 0 saturated carbocycles. The Kier molecular flexibility index (Phi) is 7.36. The van der Waals surface area contributed by atoms with Crippen LogP contribution in [0.4, 0.5) is 4.79 Å². The smallest absolute Gasteiger partial charge is 0.326 e. The fourth-order valence-corrected chi connectivity index (χ4v) is 2.51. The molecule has 1 fully saturated rings. The van der Waals surface area contributed by atoms with Gasteiger partial charge in [0.1, 0.15) is 6.04 Å². The first-order valence-electron chi connectivity index (χ1n) is 7.35. The van der Waals surface area contributed by atoms with E-state index in [9.17, 15) is 9.59 Å². The van der Waals surface area contributed by atoms with E-state index in [2.05, 4.69) is 12.2 Å². The van der Waals surface area contributed by atoms with Crippen LogP contribution in [0.1, 0.15) is 39.0 Å². The Hall–Kier alpha value is -1.30. The minimum Gasteiger partial charge on any atom is -0.480 e. The predicted octanol–water partition coefficient (Wildman–Crippen LogP) is 1.70. The summed E-state index contributed by atoms with van der Waals surface area (Å²) in [5.74, 6) is -0.454. The average molecular weight is 286 g/mol. The Morgan fingerprint density at radius 2 is 2.25 bits per heavy atom. The Labute approximate surface area is 120 Å². The summed E-state index contributed by atoms with van der Waals surface area (Å²) in [6, 6.07) is -1.09. The van der Waals surface area contributed by atoms with Gasteiger partial charge in [0.15, 0.2) is 0 Å². The molecule has 6 nitrogen and oxygen atoms in total. The molecule has 1 rings (SSSR count). The SMILES string of the molecule is CCC1CCCN(C(=O)NC(CCCOC)C(=O)O)C1. The van der Waals surface area contributed by atoms with Gasteiger partial charge in [0.2, 0.25) is 0 Å². The molecule has 1 saturated heterocycles. The van der Waals surface area contributed by atoms with Crippen molar-refractivity contribution >= 4 is 12.0 Å². The number of methoxy groups -OCH3 is 1. The topological polar surface area (TPSA) is 78.9 Å². The molecule has 1 aliphatic rings. The summed E-state index contributed by atoms with van der Waals surface area (Å²) in [5, 5.41) is 11.8. The number of carbonyl (C=O) groups excluding carboxylic acids is 1. The zero-order valence-electron chi connectivity index (χ0n) is 12.4. The van der Waals surface area contributed by atoms with E-state index in [1.165, 1.54) is 0 Å². The number of nitrogens with zero attached hydrogens (tertiary/aromatic N) is 1. The lowest BCUT2D eigenvalue weighted by atomic mass is 9.96. The molecule has 2 amide bonds. The number of rotatable bonds is 7. The van der Waals surface area contributed by atoms with E-state index in [4.69, 9.17) is 9.84 Å². The number of piperidine rings is 1. The van der Waals surface area contributed by atoms with Gasteiger partial charge in [-0.1, -0.05) is 13.3 Å². The third kappa shape index (κ3) is 5.36. The van der Waals surface area contributed by atoms with Gasteiger partial charge in [-0.05, 0) is 31.6 Å². The summed E-state index contributed by atoms with van der Waals surface area (Å²) in [5.41, 5.74) is 0. The van der Waals surface area contributed by atoms with Gasteiger partial charge in [0.05, 0.1) is 0 Å². The van der Waals surface area contributed by atoms with Gasteiger partial charge in [0.25, 0.3) is 0 Å². The maximum Gasteiger partial charge on any atom is 0.326 e. The van der Waals surface area contributed by atoms with Crippen molar-refractivity contribution in [3.05, 3.63) is 0 Å². The highest BCUT2D eigenvalue weighted by molar-refractivity contribution is 5.82. The summed E-state index contributed by atoms with van der Waals surface area (Å²) in [7, 11) is 1.58. The molecule has 6 heteroatoms. The predicted molar refractivity (Wildman–Crippen MR) is 75.7 cm³/mol. The number of hydrogen-bond acceptors (Lipinski definition) is 3. The van der Waals surface area contributed by atoms with Crippen molar-refractivity contribution < 1.29 is 19.4 Å². The van der Waals surface area contributed by atoms with Crippen LogP contribution in [0, 0.1) is 5.92 Å². The lowest BCUT2D eigenvalue weighted by molar-refractivity contribution is -0.139. The summed E-state index contributed by atoms with van der Waals surface area (Å²) in [6.45, 7) is 4.07. The van der Waals surface area contributed by atoms with E-state index in [0.717, 1.165) is 25.8 Å². The van der Waals surface area contributed by atoms with Gasteiger partial charge in [-0.25, -0.2) is 9.59 Å². The number of carboxylic acid groups (broad SMARTS) is 1. The lowest BCUT2D eigenvalue weighted by Gasteiger charge is -2.33. The average Bonchev–Trinajstić information content (AvgIpc) is 2.46. The number of carbonyl (C=O) groups is 2. The minimum atomic E-state index is -0.987. The zero-order valence-corrected chi connectivity index (χ0v) is 12.4. The third-order valence-electron chi connectivity index (χ3n) is 3.82. The molecule has 1 aliphatic heterocycles. The van der Waals surface area contributed by atoms with Crippen LogP contribution in [0.5, 0.6) is 0 Å². The van der Waals surface area contributed by atoms with E-state index in [1.807, 2.05) is 0 Å². The maximum atomic E-state index is 12.1. The molecule has 20 heavy (non-hydrogen) atoms. The summed E-state index contributed by atoms with van der Waals surface area (Å²) >= 11 is 0. The van der Waals surface area contributed by atoms with Crippen LogP contribution in [0.3, 0.4) is 0 Å². The highest BCUT2D eigenvalue weighted by Gasteiger charge is 2.26. The Morgan fingerprint density at radius 3 is 2.85 bits per heavy atom. The first kappa shape index (κ1) is 16.8. The second kappa shape index (κ2) is 8.79. The number of likely N-dealkylation sites (tertiary alicyclic amines) is 1. The second-order valence-corrected chi connectivity index (χ2v) is 5.34. The Bertz CT molecular complexity index is 322. The molecule has 0 radical (unpaired) electrons. The number of carboxylic acids is 1. The number of ether oxygens (including phenoxy) is 1. The molecule has 2 N–H and O–H groups in total. The summed E-state index contributed by atoms with van der Waals surface area (Å²) in [4.78, 5) is 25.0. The monoisotopic (exact) mass is 286 g/mol. The maximum absolute atomic E-state index is 12.1. The van der Waals surface area contributed by atoms with Crippen LogP contribution in [-0.2, 0) is 9.53 Å². The molecule has 0 aromatic rings. The van der Waals surface area contributed by atoms with Crippen molar-refractivity contribution in [2.45, 2.75) is 45.1 Å². The van der Waals surface area contributed by atoms with E-state index in [0.29, 0.717) is 31.9 Å². The Morgan fingerprint density at radius 1 is 1.50 bits per heavy atom. The van der Waals surface area contributed by atoms with Crippen LogP contribution in [-0.4, -0.2) is 54.9 Å². The highest BCUT2D eigenvalue weighted by atomic mass is 16.5. The number of urea groups is 1. The number of aliphatic carboxylic acids is 1. The first-order chi connectivity index (χ1) is 9.58. The largest absolute Gasteiger partial charge is 0.480 e. The van der Waals surface area contributed by atoms with E-state index >= 15 is 0 Å². The molecular formula is C14H26N2O4. The van der Waals surface area contributed by atoms with Gasteiger partial charge in [-0.15, -0.1) is 0 Å². The van der Waals surface area contributed by atoms with Crippen LogP contribution >= 0.6 is 0 Å². The molecule has 2 unspecified atom stereocenters. The Balaban J connectivity index is 2.46. The zero-order chi connectivity index (χ0) is 15.0. The molecule has 0 bridgehead atoms. The van der Waals surface area contributed by atoms with Gasteiger partial charge in [-0.3, -0.25) is 0 Å². The second-order valence-electron chi connectivity index (χ2n) is 5.34. The van der Waals surface area contributed by atoms with Gasteiger partial charge < -0.3 is 20.1 Å². The van der Waals surface area contributed by atoms with Gasteiger partial charge in [0, 0.05) is 26.8 Å². The molecule has 0 aromatic heterocycles. The standard InChI is InChI=1S/C14H26N2O4/c1-3-11-6-4-8-16(10-11)14(19)15-12(13(17)18)7-5-9-20-2/h11-12H,3-10H2,1-2H3,(H,15,19)(H,17,18). The highest BCUT2D eigenvalue weighted by Crippen LogP contribution is 2.19. The van der Waals surface area contributed by atoms with E-state index in [-0.39, 0.29) is 6.03 Å². The molecule has 116 valence electrons. The molecule has 0 aliphatic carbocycles. The first-order valence-corrected chi connectivity index (χ1v) is 7.35. The molecule has 2 atom stereocenters. The molecule has 0 spiro atoms. The fourth-order valence-electron chi connectivity index (χ4n) is 2.51. The molecular weight excluding hydrogens is 260 g/mol. The van der Waals surface area contributed by atoms with Crippen molar-refractivity contribution in [2.75, 3.05) is 26.8 Å². The van der Waals surface area contributed by atoms with E-state index in [1.54, 1.807) is 12.0 Å². The van der Waals surface area contributed by atoms with Gasteiger partial charge in [-0.2, -0.15) is 0 Å². The van der Waals surface area contributed by atoms with E-state index < -0.39 is 12.0 Å². The van der Waals surface area contributed by atoms with Crippen LogP contribution in [0.25, 0.3) is 0 Å². The number of nitrogens with one attached hydrogen (secondary N) is 1. The van der Waals surface area contributed by atoms with Crippen molar-refractivity contribution in [3.8, 4) is 0 Å². The summed E-state index contributed by atoms with van der Waals surface area (Å²) in [6.07, 6.45) is 4.20. The number of hydrogen-bond donors (Lipinski definition) is 2. The van der Waals surface area contributed by atoms with Crippen LogP contribution < -0.4 is 5.32 Å². The normalized spacial score (nSPS) is 20.5. The summed E-state index contributed by atoms with van der Waals surface area (Å²) < 4.78 is 4.91. The van der Waals surface area contributed by atoms with Crippen molar-refractivity contribution in [1.82, 2.24) is 10.2 Å². The fraction of sp³-hybridized carbons (Fsp3) is 0.857. The number of amides is 2. The van der Waals surface area contributed by atoms with Crippen molar-refractivity contribution in [2.24, 2.45) is 5.92 Å². The lowest BCUT2D eigenvalue weighted by Crippen LogP contribution is -2.50. The van der Waals surface area contributed by atoms with Crippen LogP contribution in [0.2, 0.25) is 0 Å². The quantitative estimate of drug-likeness (QED) is 0.698. The third-order valence-corrected chi connectivity index (χ3v) is 3.82. The van der Waals surface area contributed by atoms with Gasteiger partial charge >= 0.3 is 12.0 Å². The van der Waals surface area contributed by atoms with Crippen molar-refractivity contribution in [3.63, 3.8) is 0 Å². The molecule has 0 aromatic carbocycles. The van der Waals surface area contributed by atoms with Crippen molar-refractivity contribution in [1.29, 1.82) is 0 Å². The minimum absolute atomic E-state index is 0.257. The molecule has 1 heterocycles.